The van der Waals surface area contributed by atoms with Crippen molar-refractivity contribution < 1.29 is 14.0 Å². The molecule has 0 bridgehead atoms. The molecular weight excluding hydrogens is 421 g/mol. The molecule has 0 saturated carbocycles. The normalized spacial score (nSPS) is 13.4. The number of hydrogen-bond acceptors (Lipinski definition) is 3. The first-order chi connectivity index (χ1) is 15.6. The molecule has 172 valence electrons. The minimum Gasteiger partial charge on any atom is -0.338 e. The lowest BCUT2D eigenvalue weighted by molar-refractivity contribution is -0.129. The van der Waals surface area contributed by atoms with Gasteiger partial charge < -0.3 is 10.2 Å². The first-order valence-corrected chi connectivity index (χ1v) is 10.9. The van der Waals surface area contributed by atoms with Gasteiger partial charge in [-0.1, -0.05) is 32.9 Å². The molecule has 33 heavy (non-hydrogen) atoms. The van der Waals surface area contributed by atoms with Crippen LogP contribution < -0.4 is 10.6 Å². The summed E-state index contributed by atoms with van der Waals surface area (Å²) in [6.45, 7) is 8.99. The molecule has 1 aliphatic heterocycles. The quantitative estimate of drug-likeness (QED) is 0.600. The first kappa shape index (κ1) is 22.5. The molecular formula is C25H28FN5O2. The molecule has 4 rings (SSSR count). The summed E-state index contributed by atoms with van der Waals surface area (Å²) in [7, 11) is 0. The average molecular weight is 450 g/mol. The molecule has 3 aromatic rings. The highest BCUT2D eigenvalue weighted by atomic mass is 19.1. The van der Waals surface area contributed by atoms with Gasteiger partial charge in [-0.3, -0.25) is 10.1 Å². The molecule has 0 atom stereocenters. The Hall–Kier alpha value is -3.68. The van der Waals surface area contributed by atoms with Gasteiger partial charge >= 0.3 is 6.03 Å². The second-order valence-electron chi connectivity index (χ2n) is 9.31. The maximum atomic E-state index is 13.5. The fraction of sp³-hybridized carbons (Fsp3) is 0.320. The standard InChI is InChI=1S/C25H28FN5O2/c1-16(32)30-11-10-17-8-9-21(12-18(17)15-30)31-23(14-22(29-31)25(2,3)4)28-24(33)27-20-7-5-6-19(26)13-20/h5-9,12-14H,10-11,15H2,1-4H3,(H2,27,28,33). The summed E-state index contributed by atoms with van der Waals surface area (Å²) in [5.74, 6) is 0.117. The van der Waals surface area contributed by atoms with Gasteiger partial charge in [-0.05, 0) is 47.9 Å². The van der Waals surface area contributed by atoms with Crippen LogP contribution in [-0.4, -0.2) is 33.2 Å². The van der Waals surface area contributed by atoms with E-state index in [0.717, 1.165) is 23.4 Å². The van der Waals surface area contributed by atoms with Crippen molar-refractivity contribution in [2.45, 2.75) is 46.1 Å². The third kappa shape index (κ3) is 5.05. The van der Waals surface area contributed by atoms with Crippen molar-refractivity contribution in [2.75, 3.05) is 17.2 Å². The highest BCUT2D eigenvalue weighted by Gasteiger charge is 2.23. The van der Waals surface area contributed by atoms with Crippen molar-refractivity contribution in [3.63, 3.8) is 0 Å². The van der Waals surface area contributed by atoms with Crippen LogP contribution in [0.5, 0.6) is 0 Å². The maximum absolute atomic E-state index is 13.5. The van der Waals surface area contributed by atoms with Gasteiger partial charge in [0, 0.05) is 37.2 Å². The number of amides is 3. The Kier molecular flexibility index (Phi) is 5.93. The second-order valence-corrected chi connectivity index (χ2v) is 9.31. The minimum absolute atomic E-state index is 0.0523. The van der Waals surface area contributed by atoms with Gasteiger partial charge in [-0.15, -0.1) is 0 Å². The summed E-state index contributed by atoms with van der Waals surface area (Å²) in [6, 6.07) is 13.1. The zero-order chi connectivity index (χ0) is 23.8. The smallest absolute Gasteiger partial charge is 0.324 e. The monoisotopic (exact) mass is 449 g/mol. The zero-order valence-corrected chi connectivity index (χ0v) is 19.3. The Morgan fingerprint density at radius 3 is 2.52 bits per heavy atom. The summed E-state index contributed by atoms with van der Waals surface area (Å²) in [5, 5.41) is 10.3. The molecule has 2 heterocycles. The number of anilines is 2. The summed E-state index contributed by atoms with van der Waals surface area (Å²) < 4.78 is 15.2. The van der Waals surface area contributed by atoms with E-state index >= 15 is 0 Å². The zero-order valence-electron chi connectivity index (χ0n) is 19.3. The number of aromatic nitrogens is 2. The van der Waals surface area contributed by atoms with Crippen LogP contribution in [0, 0.1) is 5.82 Å². The number of nitrogens with zero attached hydrogens (tertiary/aromatic N) is 3. The molecule has 1 aliphatic rings. The number of fused-ring (bicyclic) bond motifs is 1. The van der Waals surface area contributed by atoms with E-state index in [1.807, 2.05) is 43.9 Å². The predicted molar refractivity (Wildman–Crippen MR) is 126 cm³/mol. The Morgan fingerprint density at radius 1 is 1.03 bits per heavy atom. The molecule has 0 unspecified atom stereocenters. The van der Waals surface area contributed by atoms with Crippen LogP contribution in [0.25, 0.3) is 5.69 Å². The highest BCUT2D eigenvalue weighted by Crippen LogP contribution is 2.28. The van der Waals surface area contributed by atoms with Crippen molar-refractivity contribution >= 4 is 23.4 Å². The van der Waals surface area contributed by atoms with Crippen LogP contribution in [0.15, 0.2) is 48.5 Å². The maximum Gasteiger partial charge on any atom is 0.324 e. The number of carbonyl (C=O) groups is 2. The number of carbonyl (C=O) groups excluding carboxylic acids is 2. The Bertz CT molecular complexity index is 1210. The molecule has 0 aliphatic carbocycles. The highest BCUT2D eigenvalue weighted by molar-refractivity contribution is 5.99. The van der Waals surface area contributed by atoms with Crippen LogP contribution in [-0.2, 0) is 23.2 Å². The molecule has 0 radical (unpaired) electrons. The number of rotatable bonds is 3. The fourth-order valence-corrected chi connectivity index (χ4v) is 3.82. The molecule has 2 aromatic carbocycles. The predicted octanol–water partition coefficient (Wildman–Crippen LogP) is 4.86. The van der Waals surface area contributed by atoms with Crippen LogP contribution in [0.4, 0.5) is 20.7 Å². The fourth-order valence-electron chi connectivity index (χ4n) is 3.82. The van der Waals surface area contributed by atoms with E-state index in [2.05, 4.69) is 16.7 Å². The minimum atomic E-state index is -0.497. The lowest BCUT2D eigenvalue weighted by Crippen LogP contribution is -2.34. The van der Waals surface area contributed by atoms with Gasteiger partial charge in [-0.25, -0.2) is 13.9 Å². The number of halogens is 1. The van der Waals surface area contributed by atoms with Crippen molar-refractivity contribution in [1.29, 1.82) is 0 Å². The van der Waals surface area contributed by atoms with E-state index in [0.29, 0.717) is 24.6 Å². The number of benzene rings is 2. The summed E-state index contributed by atoms with van der Waals surface area (Å²) in [5.41, 5.74) is 3.99. The molecule has 7 nitrogen and oxygen atoms in total. The summed E-state index contributed by atoms with van der Waals surface area (Å²) in [4.78, 5) is 26.3. The van der Waals surface area contributed by atoms with E-state index in [9.17, 15) is 14.0 Å². The third-order valence-electron chi connectivity index (χ3n) is 5.69. The largest absolute Gasteiger partial charge is 0.338 e. The van der Waals surface area contributed by atoms with Crippen molar-refractivity contribution in [3.8, 4) is 5.69 Å². The second kappa shape index (κ2) is 8.69. The molecule has 0 saturated heterocycles. The van der Waals surface area contributed by atoms with Gasteiger partial charge in [0.25, 0.3) is 0 Å². The van der Waals surface area contributed by atoms with Crippen molar-refractivity contribution in [1.82, 2.24) is 14.7 Å². The van der Waals surface area contributed by atoms with Crippen LogP contribution in [0.3, 0.4) is 0 Å². The first-order valence-electron chi connectivity index (χ1n) is 10.9. The van der Waals surface area contributed by atoms with E-state index in [1.165, 1.54) is 23.8 Å². The molecule has 0 fully saturated rings. The van der Waals surface area contributed by atoms with E-state index < -0.39 is 11.8 Å². The molecule has 2 N–H and O–H groups in total. The lowest BCUT2D eigenvalue weighted by atomic mass is 9.92. The van der Waals surface area contributed by atoms with Crippen LogP contribution in [0.2, 0.25) is 0 Å². The van der Waals surface area contributed by atoms with Gasteiger partial charge in [0.1, 0.15) is 11.6 Å². The topological polar surface area (TPSA) is 79.3 Å². The van der Waals surface area contributed by atoms with Crippen LogP contribution in [0.1, 0.15) is 44.5 Å². The van der Waals surface area contributed by atoms with E-state index in [4.69, 9.17) is 5.10 Å². The Labute approximate surface area is 192 Å². The molecule has 8 heteroatoms. The van der Waals surface area contributed by atoms with Gasteiger partial charge in [0.2, 0.25) is 5.91 Å². The Morgan fingerprint density at radius 2 is 1.82 bits per heavy atom. The van der Waals surface area contributed by atoms with Gasteiger partial charge in [0.05, 0.1) is 11.4 Å². The summed E-state index contributed by atoms with van der Waals surface area (Å²) in [6.07, 6.45) is 0.808. The van der Waals surface area contributed by atoms with Crippen molar-refractivity contribution in [3.05, 3.63) is 71.2 Å². The SMILES string of the molecule is CC(=O)N1CCc2ccc(-n3nc(C(C)(C)C)cc3NC(=O)Nc3cccc(F)c3)cc2C1. The number of hydrogen-bond donors (Lipinski definition) is 2. The van der Waals surface area contributed by atoms with Gasteiger partial charge in [-0.2, -0.15) is 5.10 Å². The Balaban J connectivity index is 1.65. The average Bonchev–Trinajstić information content (AvgIpc) is 3.17. The third-order valence-corrected chi connectivity index (χ3v) is 5.69. The number of nitrogens with one attached hydrogen (secondary N) is 2. The summed E-state index contributed by atoms with van der Waals surface area (Å²) >= 11 is 0. The van der Waals surface area contributed by atoms with Crippen LogP contribution >= 0.6 is 0 Å². The molecule has 0 spiro atoms. The lowest BCUT2D eigenvalue weighted by Gasteiger charge is -2.28. The van der Waals surface area contributed by atoms with E-state index in [1.54, 1.807) is 17.7 Å². The van der Waals surface area contributed by atoms with Crippen molar-refractivity contribution in [2.24, 2.45) is 0 Å². The van der Waals surface area contributed by atoms with E-state index in [-0.39, 0.29) is 11.3 Å². The number of urea groups is 1. The van der Waals surface area contributed by atoms with Gasteiger partial charge in [0.15, 0.2) is 0 Å². The molecule has 3 amide bonds. The molecule has 1 aromatic heterocycles.